The van der Waals surface area contributed by atoms with Crippen LogP contribution in [0.15, 0.2) is 53.1 Å². The number of aryl methyl sites for hydroxylation is 1. The van der Waals surface area contributed by atoms with E-state index in [9.17, 15) is 0 Å². The van der Waals surface area contributed by atoms with Crippen LogP contribution in [0.2, 0.25) is 5.02 Å². The average molecular weight is 285 g/mol. The first-order valence-corrected chi connectivity index (χ1v) is 6.61. The van der Waals surface area contributed by atoms with Crippen molar-refractivity contribution in [3.05, 3.63) is 59.1 Å². The van der Waals surface area contributed by atoms with Gasteiger partial charge in [-0.1, -0.05) is 47.1 Å². The van der Waals surface area contributed by atoms with Crippen molar-refractivity contribution in [2.45, 2.75) is 6.92 Å². The topological polar surface area (TPSA) is 52.0 Å². The predicted octanol–water partition coefficient (Wildman–Crippen LogP) is 4.55. The molecule has 0 spiro atoms. The Morgan fingerprint density at radius 2 is 1.85 bits per heavy atom. The van der Waals surface area contributed by atoms with Crippen LogP contribution in [0.1, 0.15) is 5.56 Å². The van der Waals surface area contributed by atoms with Gasteiger partial charge in [-0.3, -0.25) is 0 Å². The molecule has 3 aromatic rings. The quantitative estimate of drug-likeness (QED) is 0.751. The minimum Gasteiger partial charge on any atom is -0.380 e. The normalized spacial score (nSPS) is 10.7. The molecule has 0 saturated heterocycles. The minimum atomic E-state index is 0.389. The summed E-state index contributed by atoms with van der Waals surface area (Å²) in [6.45, 7) is 1.98. The standard InChI is InChI=1S/C16H13ClN2O/c1-10-9-12(17)7-8-13(10)15-14(16(18)19-20-15)11-5-3-2-4-6-11/h2-9H,1H3,(H2,18,19). The smallest absolute Gasteiger partial charge is 0.177 e. The first-order chi connectivity index (χ1) is 9.66. The number of rotatable bonds is 2. The fourth-order valence-electron chi connectivity index (χ4n) is 2.25. The third kappa shape index (κ3) is 2.17. The second kappa shape index (κ2) is 5.02. The SMILES string of the molecule is Cc1cc(Cl)ccc1-c1onc(N)c1-c1ccccc1. The Morgan fingerprint density at radius 1 is 1.10 bits per heavy atom. The van der Waals surface area contributed by atoms with Crippen LogP contribution in [-0.4, -0.2) is 5.16 Å². The summed E-state index contributed by atoms with van der Waals surface area (Å²) >= 11 is 6.00. The van der Waals surface area contributed by atoms with E-state index in [0.717, 1.165) is 22.3 Å². The van der Waals surface area contributed by atoms with Crippen LogP contribution in [0.4, 0.5) is 5.82 Å². The van der Waals surface area contributed by atoms with Crippen LogP contribution >= 0.6 is 11.6 Å². The van der Waals surface area contributed by atoms with Crippen molar-refractivity contribution in [1.82, 2.24) is 5.16 Å². The lowest BCUT2D eigenvalue weighted by Gasteiger charge is -2.06. The third-order valence-corrected chi connectivity index (χ3v) is 3.45. The Morgan fingerprint density at radius 3 is 2.55 bits per heavy atom. The van der Waals surface area contributed by atoms with Gasteiger partial charge in [-0.2, -0.15) is 0 Å². The first-order valence-electron chi connectivity index (χ1n) is 6.24. The molecule has 0 saturated carbocycles. The molecule has 100 valence electrons. The lowest BCUT2D eigenvalue weighted by atomic mass is 9.99. The molecule has 1 heterocycles. The van der Waals surface area contributed by atoms with Gasteiger partial charge < -0.3 is 10.3 Å². The molecule has 0 aliphatic heterocycles. The van der Waals surface area contributed by atoms with E-state index < -0.39 is 0 Å². The number of hydrogen-bond donors (Lipinski definition) is 1. The minimum absolute atomic E-state index is 0.389. The largest absolute Gasteiger partial charge is 0.380 e. The van der Waals surface area contributed by atoms with Crippen molar-refractivity contribution in [2.75, 3.05) is 5.73 Å². The van der Waals surface area contributed by atoms with E-state index in [-0.39, 0.29) is 0 Å². The number of hydrogen-bond acceptors (Lipinski definition) is 3. The van der Waals surface area contributed by atoms with Gasteiger partial charge in [-0.05, 0) is 36.2 Å². The monoisotopic (exact) mass is 284 g/mol. The summed E-state index contributed by atoms with van der Waals surface area (Å²) in [4.78, 5) is 0. The van der Waals surface area contributed by atoms with Crippen LogP contribution < -0.4 is 5.73 Å². The van der Waals surface area contributed by atoms with E-state index in [1.807, 2.05) is 55.5 Å². The molecule has 2 aromatic carbocycles. The maximum absolute atomic E-state index is 6.00. The zero-order chi connectivity index (χ0) is 14.1. The number of anilines is 1. The highest BCUT2D eigenvalue weighted by Crippen LogP contribution is 2.38. The molecule has 3 nitrogen and oxygen atoms in total. The molecule has 0 atom stereocenters. The maximum Gasteiger partial charge on any atom is 0.177 e. The molecule has 0 fully saturated rings. The molecule has 0 aliphatic carbocycles. The summed E-state index contributed by atoms with van der Waals surface area (Å²) in [6.07, 6.45) is 0. The molecule has 3 rings (SSSR count). The molecule has 1 aromatic heterocycles. The number of halogens is 1. The van der Waals surface area contributed by atoms with Crippen molar-refractivity contribution < 1.29 is 4.52 Å². The highest BCUT2D eigenvalue weighted by molar-refractivity contribution is 6.30. The van der Waals surface area contributed by atoms with Gasteiger partial charge in [0, 0.05) is 10.6 Å². The molecule has 20 heavy (non-hydrogen) atoms. The lowest BCUT2D eigenvalue weighted by molar-refractivity contribution is 0.436. The fraction of sp³-hybridized carbons (Fsp3) is 0.0625. The molecular weight excluding hydrogens is 272 g/mol. The fourth-order valence-corrected chi connectivity index (χ4v) is 2.48. The van der Waals surface area contributed by atoms with Gasteiger partial charge in [0.25, 0.3) is 0 Å². The molecule has 0 bridgehead atoms. The summed E-state index contributed by atoms with van der Waals surface area (Å²) in [5.41, 5.74) is 9.72. The van der Waals surface area contributed by atoms with Crippen molar-refractivity contribution in [3.8, 4) is 22.5 Å². The van der Waals surface area contributed by atoms with Gasteiger partial charge in [0.2, 0.25) is 0 Å². The molecule has 2 N–H and O–H groups in total. The summed E-state index contributed by atoms with van der Waals surface area (Å²) in [5, 5.41) is 4.60. The average Bonchev–Trinajstić information content (AvgIpc) is 2.81. The van der Waals surface area contributed by atoms with Gasteiger partial charge >= 0.3 is 0 Å². The highest BCUT2D eigenvalue weighted by atomic mass is 35.5. The van der Waals surface area contributed by atoms with Crippen molar-refractivity contribution in [2.24, 2.45) is 0 Å². The van der Waals surface area contributed by atoms with Crippen LogP contribution in [0.25, 0.3) is 22.5 Å². The van der Waals surface area contributed by atoms with E-state index in [2.05, 4.69) is 5.16 Å². The van der Waals surface area contributed by atoms with Gasteiger partial charge in [-0.15, -0.1) is 0 Å². The highest BCUT2D eigenvalue weighted by Gasteiger charge is 2.18. The third-order valence-electron chi connectivity index (χ3n) is 3.21. The van der Waals surface area contributed by atoms with Gasteiger partial charge in [-0.25, -0.2) is 0 Å². The number of nitrogen functional groups attached to an aromatic ring is 1. The first kappa shape index (κ1) is 12.8. The predicted molar refractivity (Wildman–Crippen MR) is 81.5 cm³/mol. The van der Waals surface area contributed by atoms with Crippen molar-refractivity contribution in [3.63, 3.8) is 0 Å². The van der Waals surface area contributed by atoms with E-state index in [1.165, 1.54) is 0 Å². The number of nitrogens with zero attached hydrogens (tertiary/aromatic N) is 1. The molecule has 0 amide bonds. The number of aromatic nitrogens is 1. The van der Waals surface area contributed by atoms with Gasteiger partial charge in [0.1, 0.15) is 0 Å². The second-order valence-electron chi connectivity index (χ2n) is 4.60. The molecule has 4 heteroatoms. The summed E-state index contributed by atoms with van der Waals surface area (Å²) in [7, 11) is 0. The molecule has 0 aliphatic rings. The van der Waals surface area contributed by atoms with Gasteiger partial charge in [0.05, 0.1) is 5.56 Å². The Balaban J connectivity index is 2.21. The Bertz CT molecular complexity index is 750. The molecule has 0 unspecified atom stereocenters. The molecule has 0 radical (unpaired) electrons. The summed E-state index contributed by atoms with van der Waals surface area (Å²) < 4.78 is 5.44. The number of benzene rings is 2. The zero-order valence-electron chi connectivity index (χ0n) is 10.9. The van der Waals surface area contributed by atoms with Gasteiger partial charge in [0.15, 0.2) is 11.6 Å². The van der Waals surface area contributed by atoms with E-state index in [1.54, 1.807) is 0 Å². The van der Waals surface area contributed by atoms with Crippen LogP contribution in [-0.2, 0) is 0 Å². The summed E-state index contributed by atoms with van der Waals surface area (Å²) in [6, 6.07) is 15.5. The second-order valence-corrected chi connectivity index (χ2v) is 5.03. The van der Waals surface area contributed by atoms with Crippen LogP contribution in [0.3, 0.4) is 0 Å². The van der Waals surface area contributed by atoms with E-state index >= 15 is 0 Å². The van der Waals surface area contributed by atoms with E-state index in [0.29, 0.717) is 16.6 Å². The van der Waals surface area contributed by atoms with Crippen LogP contribution in [0, 0.1) is 6.92 Å². The van der Waals surface area contributed by atoms with E-state index in [4.69, 9.17) is 21.9 Å². The summed E-state index contributed by atoms with van der Waals surface area (Å²) in [5.74, 6) is 1.06. The molecular formula is C16H13ClN2O. The van der Waals surface area contributed by atoms with Crippen LogP contribution in [0.5, 0.6) is 0 Å². The maximum atomic E-state index is 6.00. The Hall–Kier alpha value is -2.26. The van der Waals surface area contributed by atoms with Crippen molar-refractivity contribution in [1.29, 1.82) is 0 Å². The Kier molecular flexibility index (Phi) is 3.20. The Labute approximate surface area is 122 Å². The lowest BCUT2D eigenvalue weighted by Crippen LogP contribution is -1.89. The number of nitrogens with two attached hydrogens (primary N) is 1. The zero-order valence-corrected chi connectivity index (χ0v) is 11.7. The van der Waals surface area contributed by atoms with Crippen molar-refractivity contribution >= 4 is 17.4 Å².